The number of nitrogens with zero attached hydrogens (tertiary/aromatic N) is 1. The molecule has 0 spiro atoms. The molecule has 1 amide bonds. The van der Waals surface area contributed by atoms with Crippen molar-refractivity contribution in [3.8, 4) is 0 Å². The number of hydrogen-bond donors (Lipinski definition) is 1. The van der Waals surface area contributed by atoms with Gasteiger partial charge in [0.1, 0.15) is 0 Å². The maximum absolute atomic E-state index is 11.1. The number of rotatable bonds is 13. The largest absolute Gasteiger partial charge is 0.748 e. The molecule has 0 atom stereocenters. The van der Waals surface area contributed by atoms with Crippen LogP contribution in [0.2, 0.25) is 0 Å². The summed E-state index contributed by atoms with van der Waals surface area (Å²) in [6.07, 6.45) is 6.10. The minimum absolute atomic E-state index is 0.0606. The molecule has 0 unspecified atom stereocenters. The zero-order valence-corrected chi connectivity index (χ0v) is 19.0. The zero-order chi connectivity index (χ0) is 22.2. The number of carbonyl (C=O) groups is 1. The van der Waals surface area contributed by atoms with E-state index in [1.165, 1.54) is 56.0 Å². The van der Waals surface area contributed by atoms with Gasteiger partial charge in [-0.25, -0.2) is 8.42 Å². The first-order valence-corrected chi connectivity index (χ1v) is 12.0. The summed E-state index contributed by atoms with van der Waals surface area (Å²) >= 11 is 0. The molecular formula is C22H38N2O4S. The van der Waals surface area contributed by atoms with Gasteiger partial charge in [-0.15, -0.1) is 0 Å². The highest BCUT2D eigenvalue weighted by molar-refractivity contribution is 7.84. The normalized spacial score (nSPS) is 11.3. The average Bonchev–Trinajstić information content (AvgIpc) is 2.66. The van der Waals surface area contributed by atoms with Crippen LogP contribution in [0.3, 0.4) is 0 Å². The third-order valence-electron chi connectivity index (χ3n) is 4.57. The minimum Gasteiger partial charge on any atom is -0.748 e. The summed E-state index contributed by atoms with van der Waals surface area (Å²) in [7, 11) is -4.13. The lowest BCUT2D eigenvalue weighted by molar-refractivity contribution is -0.928. The predicted molar refractivity (Wildman–Crippen MR) is 118 cm³/mol. The van der Waals surface area contributed by atoms with Crippen LogP contribution in [0.1, 0.15) is 52.0 Å². The van der Waals surface area contributed by atoms with Crippen LogP contribution in [0, 0.1) is 0 Å². The van der Waals surface area contributed by atoms with Crippen LogP contribution >= 0.6 is 0 Å². The van der Waals surface area contributed by atoms with Crippen LogP contribution < -0.4 is 5.32 Å². The monoisotopic (exact) mass is 426 g/mol. The summed E-state index contributed by atoms with van der Waals surface area (Å²) < 4.78 is 32.0. The summed E-state index contributed by atoms with van der Waals surface area (Å²) in [6.45, 7) is 16.0. The van der Waals surface area contributed by atoms with Crippen molar-refractivity contribution >= 4 is 16.0 Å². The first-order valence-electron chi connectivity index (χ1n) is 10.4. The van der Waals surface area contributed by atoms with Gasteiger partial charge in [0.05, 0.1) is 42.1 Å². The lowest BCUT2D eigenvalue weighted by Gasteiger charge is -2.38. The molecule has 0 radical (unpaired) electrons. The SMILES string of the molecule is C=CC(=O)NCCC[N+](CCC)(CCC)CCC.O=S(=O)([O-])Cc1ccccc1. The van der Waals surface area contributed by atoms with Crippen molar-refractivity contribution in [2.24, 2.45) is 0 Å². The van der Waals surface area contributed by atoms with Gasteiger partial charge in [-0.3, -0.25) is 4.79 Å². The molecule has 1 aromatic rings. The lowest BCUT2D eigenvalue weighted by Crippen LogP contribution is -2.51. The van der Waals surface area contributed by atoms with E-state index in [1.54, 1.807) is 30.3 Å². The number of carbonyl (C=O) groups excluding carboxylic acids is 1. The fourth-order valence-corrected chi connectivity index (χ4v) is 4.17. The van der Waals surface area contributed by atoms with Crippen molar-refractivity contribution in [3.05, 3.63) is 48.6 Å². The summed E-state index contributed by atoms with van der Waals surface area (Å²) in [5.41, 5.74) is 0.530. The molecule has 166 valence electrons. The van der Waals surface area contributed by atoms with E-state index in [0.717, 1.165) is 13.0 Å². The van der Waals surface area contributed by atoms with Crippen molar-refractivity contribution in [1.82, 2.24) is 5.32 Å². The number of quaternary nitrogens is 1. The molecule has 29 heavy (non-hydrogen) atoms. The van der Waals surface area contributed by atoms with Crippen LogP contribution in [0.25, 0.3) is 0 Å². The Bertz CT molecular complexity index is 658. The standard InChI is InChI=1S/C15H30N2O.C7H8O3S/c1-5-11-17(12-6-2,13-7-3)14-9-10-16-15(18)8-4;8-11(9,10)6-7-4-2-1-3-5-7/h8H,4-7,9-14H2,1-3H3;1-5H,6H2,(H,8,9,10). The van der Waals surface area contributed by atoms with E-state index in [4.69, 9.17) is 0 Å². The van der Waals surface area contributed by atoms with Gasteiger partial charge in [-0.05, 0) is 30.9 Å². The fraction of sp³-hybridized carbons (Fsp3) is 0.591. The Morgan fingerprint density at radius 3 is 1.97 bits per heavy atom. The van der Waals surface area contributed by atoms with E-state index in [2.05, 4.69) is 32.7 Å². The van der Waals surface area contributed by atoms with Crippen molar-refractivity contribution in [1.29, 1.82) is 0 Å². The highest BCUT2D eigenvalue weighted by Gasteiger charge is 2.23. The number of benzene rings is 1. The van der Waals surface area contributed by atoms with Crippen LogP contribution in [-0.4, -0.2) is 56.1 Å². The van der Waals surface area contributed by atoms with Gasteiger partial charge < -0.3 is 14.4 Å². The van der Waals surface area contributed by atoms with E-state index in [1.807, 2.05) is 0 Å². The molecule has 0 aliphatic rings. The third kappa shape index (κ3) is 14.0. The quantitative estimate of drug-likeness (QED) is 0.226. The van der Waals surface area contributed by atoms with Gasteiger partial charge in [0, 0.05) is 13.0 Å². The van der Waals surface area contributed by atoms with Gasteiger partial charge in [-0.2, -0.15) is 0 Å². The van der Waals surface area contributed by atoms with Crippen molar-refractivity contribution in [2.75, 3.05) is 32.7 Å². The molecule has 0 aliphatic carbocycles. The summed E-state index contributed by atoms with van der Waals surface area (Å²) in [5.74, 6) is -0.483. The molecule has 0 saturated heterocycles. The Hall–Kier alpha value is -1.70. The second-order valence-electron chi connectivity index (χ2n) is 7.27. The molecule has 7 heteroatoms. The number of amides is 1. The van der Waals surface area contributed by atoms with Crippen molar-refractivity contribution in [2.45, 2.75) is 52.2 Å². The molecule has 0 heterocycles. The maximum Gasteiger partial charge on any atom is 0.243 e. The molecule has 0 saturated carbocycles. The van der Waals surface area contributed by atoms with E-state index in [9.17, 15) is 17.8 Å². The summed E-state index contributed by atoms with van der Waals surface area (Å²) in [5, 5.41) is 2.86. The maximum atomic E-state index is 11.1. The van der Waals surface area contributed by atoms with Crippen LogP contribution in [-0.2, 0) is 20.7 Å². The van der Waals surface area contributed by atoms with Gasteiger partial charge in [-0.1, -0.05) is 57.7 Å². The third-order valence-corrected chi connectivity index (χ3v) is 5.26. The van der Waals surface area contributed by atoms with Gasteiger partial charge >= 0.3 is 0 Å². The molecule has 0 aliphatic heterocycles. The summed E-state index contributed by atoms with van der Waals surface area (Å²) in [4.78, 5) is 11.1. The van der Waals surface area contributed by atoms with E-state index >= 15 is 0 Å². The zero-order valence-electron chi connectivity index (χ0n) is 18.2. The predicted octanol–water partition coefficient (Wildman–Crippen LogP) is 3.46. The highest BCUT2D eigenvalue weighted by Crippen LogP contribution is 2.12. The van der Waals surface area contributed by atoms with Crippen LogP contribution in [0.4, 0.5) is 0 Å². The number of hydrogen-bond acceptors (Lipinski definition) is 4. The Balaban J connectivity index is 0.000000604. The molecule has 6 nitrogen and oxygen atoms in total. The molecule has 0 aromatic heterocycles. The van der Waals surface area contributed by atoms with Gasteiger partial charge in [0.25, 0.3) is 0 Å². The second-order valence-corrected chi connectivity index (χ2v) is 8.68. The average molecular weight is 427 g/mol. The topological polar surface area (TPSA) is 86.3 Å². The minimum atomic E-state index is -4.13. The van der Waals surface area contributed by atoms with Gasteiger partial charge in [0.2, 0.25) is 5.91 Å². The fourth-order valence-electron chi connectivity index (χ4n) is 3.57. The van der Waals surface area contributed by atoms with Crippen LogP contribution in [0.5, 0.6) is 0 Å². The Morgan fingerprint density at radius 2 is 1.55 bits per heavy atom. The molecule has 0 bridgehead atoms. The first kappa shape index (κ1) is 27.3. The molecule has 0 fully saturated rings. The summed E-state index contributed by atoms with van der Waals surface area (Å²) in [6, 6.07) is 8.37. The molecular weight excluding hydrogens is 388 g/mol. The molecule has 1 N–H and O–H groups in total. The number of nitrogens with one attached hydrogen (secondary N) is 1. The van der Waals surface area contributed by atoms with E-state index in [-0.39, 0.29) is 5.91 Å². The smallest absolute Gasteiger partial charge is 0.243 e. The first-order chi connectivity index (χ1) is 13.7. The molecule has 1 aromatic carbocycles. The second kappa shape index (κ2) is 15.2. The molecule has 1 rings (SSSR count). The Kier molecular flexibility index (Phi) is 14.3. The van der Waals surface area contributed by atoms with Gasteiger partial charge in [0.15, 0.2) is 0 Å². The van der Waals surface area contributed by atoms with Crippen molar-refractivity contribution < 1.29 is 22.2 Å². The van der Waals surface area contributed by atoms with Crippen molar-refractivity contribution in [3.63, 3.8) is 0 Å². The lowest BCUT2D eigenvalue weighted by atomic mass is 10.2. The van der Waals surface area contributed by atoms with E-state index in [0.29, 0.717) is 5.56 Å². The van der Waals surface area contributed by atoms with E-state index < -0.39 is 15.9 Å². The van der Waals surface area contributed by atoms with Crippen LogP contribution in [0.15, 0.2) is 43.0 Å². The Labute approximate surface area is 177 Å². The Morgan fingerprint density at radius 1 is 1.03 bits per heavy atom. The highest BCUT2D eigenvalue weighted by atomic mass is 32.2.